The topological polar surface area (TPSA) is 109 Å². The number of carbonyl (C=O) groups is 2. The number of carboxylic acid groups (broad SMARTS) is 1. The largest absolute Gasteiger partial charge is 0.505 e. The van der Waals surface area contributed by atoms with E-state index in [0.717, 1.165) is 0 Å². The van der Waals surface area contributed by atoms with Crippen LogP contribution >= 0.6 is 0 Å². The van der Waals surface area contributed by atoms with Gasteiger partial charge in [0.2, 0.25) is 0 Å². The molecule has 98 valence electrons. The van der Waals surface area contributed by atoms with Gasteiger partial charge in [-0.2, -0.15) is 0 Å². The lowest BCUT2D eigenvalue weighted by atomic mass is 10.2. The smallest absolute Gasteiger partial charge is 0.326 e. The van der Waals surface area contributed by atoms with E-state index in [1.165, 1.54) is 25.4 Å². The number of nitrogens with one attached hydrogen (secondary N) is 1. The number of nitrogens with zero attached hydrogens (tertiary/aromatic N) is 1. The second kappa shape index (κ2) is 6.55. The third-order valence-corrected chi connectivity index (χ3v) is 2.22. The fourth-order valence-electron chi connectivity index (χ4n) is 1.29. The lowest BCUT2D eigenvalue weighted by Gasteiger charge is -2.13. The number of aliphatic carboxylic acids is 1. The van der Waals surface area contributed by atoms with Crippen molar-refractivity contribution in [1.29, 1.82) is 0 Å². The molecule has 0 aromatic carbocycles. The molecule has 0 saturated carbocycles. The SMILES string of the molecule is COCCC(NC(=O)c1ncccc1O)C(=O)O. The van der Waals surface area contributed by atoms with E-state index in [-0.39, 0.29) is 24.5 Å². The molecule has 1 heterocycles. The van der Waals surface area contributed by atoms with E-state index in [4.69, 9.17) is 9.84 Å². The number of ether oxygens (including phenoxy) is 1. The number of carbonyl (C=O) groups excluding carboxylic acids is 1. The van der Waals surface area contributed by atoms with Gasteiger partial charge in [-0.25, -0.2) is 9.78 Å². The van der Waals surface area contributed by atoms with Gasteiger partial charge < -0.3 is 20.3 Å². The maximum absolute atomic E-state index is 11.7. The van der Waals surface area contributed by atoms with Crippen molar-refractivity contribution >= 4 is 11.9 Å². The van der Waals surface area contributed by atoms with Crippen LogP contribution in [0.3, 0.4) is 0 Å². The van der Waals surface area contributed by atoms with Crippen LogP contribution in [0.1, 0.15) is 16.9 Å². The van der Waals surface area contributed by atoms with Crippen LogP contribution in [0.2, 0.25) is 0 Å². The molecular weight excluding hydrogens is 240 g/mol. The monoisotopic (exact) mass is 254 g/mol. The maximum atomic E-state index is 11.7. The van der Waals surface area contributed by atoms with Gasteiger partial charge in [-0.1, -0.05) is 0 Å². The summed E-state index contributed by atoms with van der Waals surface area (Å²) in [4.78, 5) is 26.3. The Kier molecular flexibility index (Phi) is 5.06. The molecule has 0 radical (unpaired) electrons. The van der Waals surface area contributed by atoms with Gasteiger partial charge in [-0.3, -0.25) is 4.79 Å². The first-order chi connectivity index (χ1) is 8.56. The number of pyridine rings is 1. The molecular formula is C11H14N2O5. The summed E-state index contributed by atoms with van der Waals surface area (Å²) in [7, 11) is 1.44. The molecule has 0 fully saturated rings. The molecule has 1 amide bonds. The molecule has 0 aliphatic rings. The average molecular weight is 254 g/mol. The summed E-state index contributed by atoms with van der Waals surface area (Å²) < 4.78 is 4.75. The second-order valence-electron chi connectivity index (χ2n) is 3.52. The number of hydrogen-bond acceptors (Lipinski definition) is 5. The van der Waals surface area contributed by atoms with Crippen LogP contribution in [0, 0.1) is 0 Å². The third kappa shape index (κ3) is 3.70. The predicted octanol–water partition coefficient (Wildman–Crippen LogP) is 0.00670. The summed E-state index contributed by atoms with van der Waals surface area (Å²) in [6.45, 7) is 0.200. The minimum atomic E-state index is -1.17. The number of methoxy groups -OCH3 is 1. The molecule has 0 aliphatic carbocycles. The average Bonchev–Trinajstić information content (AvgIpc) is 2.34. The Morgan fingerprint density at radius 3 is 2.83 bits per heavy atom. The number of hydrogen-bond donors (Lipinski definition) is 3. The Balaban J connectivity index is 2.72. The minimum absolute atomic E-state index is 0.130. The van der Waals surface area contributed by atoms with Gasteiger partial charge in [0.15, 0.2) is 5.69 Å². The minimum Gasteiger partial charge on any atom is -0.505 e. The first-order valence-corrected chi connectivity index (χ1v) is 5.23. The van der Waals surface area contributed by atoms with Crippen molar-refractivity contribution in [2.24, 2.45) is 0 Å². The number of amides is 1. The first kappa shape index (κ1) is 13.9. The molecule has 0 bridgehead atoms. The molecule has 1 rings (SSSR count). The molecule has 3 N–H and O–H groups in total. The summed E-state index contributed by atoms with van der Waals surface area (Å²) in [6.07, 6.45) is 1.46. The number of aromatic hydroxyl groups is 1. The molecule has 0 aliphatic heterocycles. The zero-order chi connectivity index (χ0) is 13.5. The fourth-order valence-corrected chi connectivity index (χ4v) is 1.29. The van der Waals surface area contributed by atoms with E-state index in [1.54, 1.807) is 0 Å². The normalized spacial score (nSPS) is 11.8. The van der Waals surface area contributed by atoms with E-state index in [9.17, 15) is 14.7 Å². The highest BCUT2D eigenvalue weighted by molar-refractivity contribution is 5.96. The lowest BCUT2D eigenvalue weighted by Crippen LogP contribution is -2.41. The van der Waals surface area contributed by atoms with Crippen molar-refractivity contribution in [1.82, 2.24) is 10.3 Å². The van der Waals surface area contributed by atoms with E-state index < -0.39 is 17.9 Å². The molecule has 18 heavy (non-hydrogen) atoms. The van der Waals surface area contributed by atoms with Crippen molar-refractivity contribution in [3.63, 3.8) is 0 Å². The Labute approximate surface area is 103 Å². The molecule has 1 unspecified atom stereocenters. The van der Waals surface area contributed by atoms with E-state index in [0.29, 0.717) is 0 Å². The van der Waals surface area contributed by atoms with Gasteiger partial charge in [0, 0.05) is 26.3 Å². The maximum Gasteiger partial charge on any atom is 0.326 e. The highest BCUT2D eigenvalue weighted by atomic mass is 16.5. The van der Waals surface area contributed by atoms with E-state index >= 15 is 0 Å². The molecule has 0 saturated heterocycles. The predicted molar refractivity (Wildman–Crippen MR) is 61.3 cm³/mol. The summed E-state index contributed by atoms with van der Waals surface area (Å²) in [5, 5.41) is 20.6. The van der Waals surface area contributed by atoms with Crippen LogP contribution in [0.5, 0.6) is 5.75 Å². The standard InChI is InChI=1S/C11H14N2O5/c1-18-6-4-7(11(16)17)13-10(15)9-8(14)3-2-5-12-9/h2-3,5,7,14H,4,6H2,1H3,(H,13,15)(H,16,17). The van der Waals surface area contributed by atoms with Crippen molar-refractivity contribution in [2.75, 3.05) is 13.7 Å². The molecule has 1 aromatic rings. The molecule has 1 aromatic heterocycles. The molecule has 1 atom stereocenters. The summed E-state index contributed by atoms with van der Waals surface area (Å²) in [5.74, 6) is -2.21. The second-order valence-corrected chi connectivity index (χ2v) is 3.52. The van der Waals surface area contributed by atoms with Gasteiger partial charge in [0.25, 0.3) is 5.91 Å². The summed E-state index contributed by atoms with van der Waals surface area (Å²) in [5.41, 5.74) is -0.207. The van der Waals surface area contributed by atoms with Crippen LogP contribution in [0.4, 0.5) is 0 Å². The highest BCUT2D eigenvalue weighted by Crippen LogP contribution is 2.12. The Bertz CT molecular complexity index is 435. The van der Waals surface area contributed by atoms with Crippen LogP contribution < -0.4 is 5.32 Å². The van der Waals surface area contributed by atoms with Gasteiger partial charge in [-0.05, 0) is 12.1 Å². The Morgan fingerprint density at radius 1 is 1.56 bits per heavy atom. The van der Waals surface area contributed by atoms with E-state index in [1.807, 2.05) is 0 Å². The first-order valence-electron chi connectivity index (χ1n) is 5.23. The lowest BCUT2D eigenvalue weighted by molar-refractivity contribution is -0.139. The zero-order valence-corrected chi connectivity index (χ0v) is 9.79. The number of rotatable bonds is 6. The van der Waals surface area contributed by atoms with Gasteiger partial charge in [0.05, 0.1) is 0 Å². The quantitative estimate of drug-likeness (QED) is 0.659. The highest BCUT2D eigenvalue weighted by Gasteiger charge is 2.22. The van der Waals surface area contributed by atoms with Crippen molar-refractivity contribution in [2.45, 2.75) is 12.5 Å². The van der Waals surface area contributed by atoms with Crippen LogP contribution in [-0.4, -0.2) is 46.8 Å². The number of aromatic nitrogens is 1. The Hall–Kier alpha value is -2.15. The summed E-state index contributed by atoms with van der Waals surface area (Å²) in [6, 6.07) is 1.68. The Morgan fingerprint density at radius 2 is 2.28 bits per heavy atom. The van der Waals surface area contributed by atoms with Crippen molar-refractivity contribution in [3.05, 3.63) is 24.0 Å². The van der Waals surface area contributed by atoms with Crippen molar-refractivity contribution < 1.29 is 24.5 Å². The van der Waals surface area contributed by atoms with Crippen LogP contribution in [0.25, 0.3) is 0 Å². The number of carboxylic acids is 1. The molecule has 7 heteroatoms. The zero-order valence-electron chi connectivity index (χ0n) is 9.79. The third-order valence-electron chi connectivity index (χ3n) is 2.22. The van der Waals surface area contributed by atoms with E-state index in [2.05, 4.69) is 10.3 Å². The molecule has 0 spiro atoms. The summed E-state index contributed by atoms with van der Waals surface area (Å²) >= 11 is 0. The van der Waals surface area contributed by atoms with Gasteiger partial charge in [0.1, 0.15) is 11.8 Å². The molecule has 7 nitrogen and oxygen atoms in total. The van der Waals surface area contributed by atoms with Crippen molar-refractivity contribution in [3.8, 4) is 5.75 Å². The van der Waals surface area contributed by atoms with Gasteiger partial charge in [-0.15, -0.1) is 0 Å². The van der Waals surface area contributed by atoms with Crippen LogP contribution in [-0.2, 0) is 9.53 Å². The van der Waals surface area contributed by atoms with Gasteiger partial charge >= 0.3 is 5.97 Å². The van der Waals surface area contributed by atoms with Crippen LogP contribution in [0.15, 0.2) is 18.3 Å². The fraction of sp³-hybridized carbons (Fsp3) is 0.364.